The van der Waals surface area contributed by atoms with Gasteiger partial charge in [0.15, 0.2) is 6.23 Å². The van der Waals surface area contributed by atoms with Crippen LogP contribution in [0.2, 0.25) is 0 Å². The average Bonchev–Trinajstić information content (AvgIpc) is 3.01. The lowest BCUT2D eigenvalue weighted by Crippen LogP contribution is -2.33. The molecule has 0 aromatic carbocycles. The Kier molecular flexibility index (Phi) is 3.61. The fraction of sp³-hybridized carbons (Fsp3) is 0.545. The van der Waals surface area contributed by atoms with Crippen LogP contribution in [0.5, 0.6) is 0 Å². The van der Waals surface area contributed by atoms with Crippen LogP contribution in [-0.2, 0) is 4.74 Å². The third kappa shape index (κ3) is 1.98. The quantitative estimate of drug-likeness (QED) is 0.629. The van der Waals surface area contributed by atoms with E-state index in [1.807, 2.05) is 6.26 Å². The van der Waals surface area contributed by atoms with E-state index >= 15 is 0 Å². The summed E-state index contributed by atoms with van der Waals surface area (Å²) in [4.78, 5) is 4.25. The normalized spacial score (nSPS) is 30.2. The van der Waals surface area contributed by atoms with Gasteiger partial charge in [-0.1, -0.05) is 0 Å². The van der Waals surface area contributed by atoms with Crippen LogP contribution in [0.1, 0.15) is 6.23 Å². The molecule has 0 saturated carbocycles. The molecule has 0 radical (unpaired) electrons. The first-order valence-electron chi connectivity index (χ1n) is 6.02. The number of aromatic nitrogens is 4. The molecule has 2 aromatic rings. The number of ether oxygens (including phenoxy) is 1. The van der Waals surface area contributed by atoms with E-state index in [-0.39, 0.29) is 6.61 Å². The zero-order valence-electron chi connectivity index (χ0n) is 10.6. The lowest BCUT2D eigenvalue weighted by molar-refractivity contribution is -0.0509. The molecule has 0 unspecified atom stereocenters. The maximum Gasteiger partial charge on any atom is 0.164 e. The summed E-state index contributed by atoms with van der Waals surface area (Å²) in [6, 6.07) is 0. The summed E-state index contributed by atoms with van der Waals surface area (Å²) in [7, 11) is 0. The summed E-state index contributed by atoms with van der Waals surface area (Å²) in [5, 5.41) is 37.5. The molecule has 0 aliphatic carbocycles. The number of thioether (sulfide) groups is 1. The highest BCUT2D eigenvalue weighted by molar-refractivity contribution is 7.98. The molecule has 0 spiro atoms. The van der Waals surface area contributed by atoms with E-state index in [9.17, 15) is 10.2 Å². The van der Waals surface area contributed by atoms with Crippen molar-refractivity contribution in [2.24, 2.45) is 0 Å². The van der Waals surface area contributed by atoms with E-state index in [0.717, 1.165) is 0 Å². The van der Waals surface area contributed by atoms with Gasteiger partial charge in [0.25, 0.3) is 0 Å². The number of rotatable bonds is 3. The van der Waals surface area contributed by atoms with Crippen molar-refractivity contribution in [2.75, 3.05) is 12.9 Å². The molecule has 0 amide bonds. The van der Waals surface area contributed by atoms with E-state index in [0.29, 0.717) is 16.1 Å². The van der Waals surface area contributed by atoms with Gasteiger partial charge in [0, 0.05) is 0 Å². The lowest BCUT2D eigenvalue weighted by atomic mass is 10.1. The molecule has 3 N–H and O–H groups in total. The maximum atomic E-state index is 10.0. The monoisotopic (exact) mass is 298 g/mol. The minimum Gasteiger partial charge on any atom is -0.394 e. The van der Waals surface area contributed by atoms with Crippen LogP contribution in [-0.4, -0.2) is 66.2 Å². The van der Waals surface area contributed by atoms with Gasteiger partial charge in [-0.2, -0.15) is 5.10 Å². The molecule has 108 valence electrons. The van der Waals surface area contributed by atoms with Gasteiger partial charge < -0.3 is 20.1 Å². The summed E-state index contributed by atoms with van der Waals surface area (Å²) in [6.07, 6.45) is 0.987. The minimum atomic E-state index is -1.14. The van der Waals surface area contributed by atoms with Gasteiger partial charge in [-0.15, -0.1) is 16.9 Å². The van der Waals surface area contributed by atoms with E-state index in [1.54, 1.807) is 4.57 Å². The third-order valence-corrected chi connectivity index (χ3v) is 4.01. The summed E-state index contributed by atoms with van der Waals surface area (Å²) < 4.78 is 7.07. The standard InChI is InChI=1S/C11H14N4O4S/c1-20-10-7-5(2-13-14-10)15(4-12-7)11-9(18)8(17)6(3-16)19-11/h2,4,6,8-9,11,16-18H,3H2,1H3/t6-,8-,9-,11-/m1/s1. The second kappa shape index (κ2) is 5.26. The van der Waals surface area contributed by atoms with Crippen LogP contribution in [0.15, 0.2) is 17.6 Å². The fourth-order valence-electron chi connectivity index (χ4n) is 2.30. The van der Waals surface area contributed by atoms with Gasteiger partial charge >= 0.3 is 0 Å². The molecular weight excluding hydrogens is 284 g/mol. The number of hydrogen-bond donors (Lipinski definition) is 3. The smallest absolute Gasteiger partial charge is 0.164 e. The largest absolute Gasteiger partial charge is 0.394 e. The summed E-state index contributed by atoms with van der Waals surface area (Å²) in [5.41, 5.74) is 1.31. The molecule has 9 heteroatoms. The number of fused-ring (bicyclic) bond motifs is 1. The number of nitrogens with zero attached hydrogens (tertiary/aromatic N) is 4. The van der Waals surface area contributed by atoms with E-state index in [4.69, 9.17) is 9.84 Å². The Morgan fingerprint density at radius 1 is 1.40 bits per heavy atom. The molecule has 3 heterocycles. The van der Waals surface area contributed by atoms with E-state index < -0.39 is 24.5 Å². The van der Waals surface area contributed by atoms with Crippen molar-refractivity contribution in [3.8, 4) is 0 Å². The van der Waals surface area contributed by atoms with Crippen molar-refractivity contribution < 1.29 is 20.1 Å². The van der Waals surface area contributed by atoms with Gasteiger partial charge in [0.2, 0.25) is 0 Å². The van der Waals surface area contributed by atoms with Gasteiger partial charge in [-0.05, 0) is 6.26 Å². The van der Waals surface area contributed by atoms with Crippen LogP contribution >= 0.6 is 11.8 Å². The Bertz CT molecular complexity index is 621. The first-order valence-corrected chi connectivity index (χ1v) is 7.24. The van der Waals surface area contributed by atoms with E-state index in [2.05, 4.69) is 15.2 Å². The molecule has 20 heavy (non-hydrogen) atoms. The SMILES string of the molecule is CSc1nncc2c1ncn2[C@@H]1O[C@H](CO)[C@@H](O)[C@H]1O. The summed E-state index contributed by atoms with van der Waals surface area (Å²) in [6.45, 7) is -0.364. The first-order chi connectivity index (χ1) is 9.67. The van der Waals surface area contributed by atoms with Gasteiger partial charge in [-0.25, -0.2) is 4.98 Å². The highest BCUT2D eigenvalue weighted by atomic mass is 32.2. The van der Waals surface area contributed by atoms with E-state index in [1.165, 1.54) is 24.3 Å². The predicted octanol–water partition coefficient (Wildman–Crippen LogP) is -0.840. The Morgan fingerprint density at radius 2 is 2.20 bits per heavy atom. The molecule has 4 atom stereocenters. The number of imidazole rings is 1. The molecule has 3 rings (SSSR count). The summed E-state index contributed by atoms with van der Waals surface area (Å²) in [5.74, 6) is 0. The minimum absolute atomic E-state index is 0.364. The second-order valence-corrected chi connectivity index (χ2v) is 5.26. The van der Waals surface area contributed by atoms with Crippen molar-refractivity contribution in [1.82, 2.24) is 19.7 Å². The zero-order chi connectivity index (χ0) is 14.3. The van der Waals surface area contributed by atoms with Crippen LogP contribution in [0, 0.1) is 0 Å². The van der Waals surface area contributed by atoms with Gasteiger partial charge in [-0.3, -0.25) is 4.57 Å². The molecule has 1 aliphatic heterocycles. The highest BCUT2D eigenvalue weighted by Gasteiger charge is 2.43. The van der Waals surface area contributed by atoms with Crippen molar-refractivity contribution >= 4 is 22.8 Å². The molecule has 2 aromatic heterocycles. The lowest BCUT2D eigenvalue weighted by Gasteiger charge is -2.16. The summed E-state index contributed by atoms with van der Waals surface area (Å²) >= 11 is 1.42. The third-order valence-electron chi connectivity index (χ3n) is 3.35. The van der Waals surface area contributed by atoms with Crippen LogP contribution < -0.4 is 0 Å². The van der Waals surface area contributed by atoms with Crippen molar-refractivity contribution in [3.05, 3.63) is 12.5 Å². The van der Waals surface area contributed by atoms with Crippen molar-refractivity contribution in [2.45, 2.75) is 29.6 Å². The van der Waals surface area contributed by atoms with Crippen molar-refractivity contribution in [1.29, 1.82) is 0 Å². The molecule has 1 aliphatic rings. The highest BCUT2D eigenvalue weighted by Crippen LogP contribution is 2.32. The Balaban J connectivity index is 2.03. The maximum absolute atomic E-state index is 10.0. The van der Waals surface area contributed by atoms with Gasteiger partial charge in [0.1, 0.15) is 28.9 Å². The predicted molar refractivity (Wildman–Crippen MR) is 70.1 cm³/mol. The molecule has 1 saturated heterocycles. The molecule has 8 nitrogen and oxygen atoms in total. The number of hydrogen-bond acceptors (Lipinski definition) is 8. The van der Waals surface area contributed by atoms with Crippen LogP contribution in [0.3, 0.4) is 0 Å². The molecule has 1 fully saturated rings. The topological polar surface area (TPSA) is 114 Å². The Labute approximate surface area is 118 Å². The van der Waals surface area contributed by atoms with Crippen molar-refractivity contribution in [3.63, 3.8) is 0 Å². The number of aliphatic hydroxyl groups excluding tert-OH is 3. The Morgan fingerprint density at radius 3 is 2.85 bits per heavy atom. The van der Waals surface area contributed by atoms with Crippen LogP contribution in [0.25, 0.3) is 11.0 Å². The zero-order valence-corrected chi connectivity index (χ0v) is 11.4. The second-order valence-electron chi connectivity index (χ2n) is 4.47. The Hall–Kier alpha value is -1.26. The average molecular weight is 298 g/mol. The van der Waals surface area contributed by atoms with Gasteiger partial charge in [0.05, 0.1) is 24.6 Å². The molecule has 0 bridgehead atoms. The molecular formula is C11H14N4O4S. The fourth-order valence-corrected chi connectivity index (χ4v) is 2.78. The number of aliphatic hydroxyl groups is 3. The van der Waals surface area contributed by atoms with Crippen LogP contribution in [0.4, 0.5) is 0 Å². The first kappa shape index (κ1) is 13.7.